The number of benzene rings is 1. The molecule has 6 nitrogen and oxygen atoms in total. The van der Waals surface area contributed by atoms with Gasteiger partial charge in [0.1, 0.15) is 0 Å². The fraction of sp³-hybridized carbons (Fsp3) is 0.250. The molecular formula is C12H14N4O2. The molecule has 0 atom stereocenters. The molecule has 0 aliphatic heterocycles. The molecule has 2 aromatic rings. The molecule has 2 rings (SSSR count). The SMILES string of the molecule is Cc1ccc(-c2cc(CN)n(C)n2)cc1[N+](=O)[O-]. The van der Waals surface area contributed by atoms with Gasteiger partial charge in [0.25, 0.3) is 5.69 Å². The van der Waals surface area contributed by atoms with E-state index in [4.69, 9.17) is 5.73 Å². The summed E-state index contributed by atoms with van der Waals surface area (Å²) in [6, 6.07) is 6.93. The van der Waals surface area contributed by atoms with E-state index in [1.54, 1.807) is 24.7 Å². The summed E-state index contributed by atoms with van der Waals surface area (Å²) in [5.41, 5.74) is 8.62. The second-order valence-corrected chi connectivity index (χ2v) is 4.11. The second kappa shape index (κ2) is 4.58. The van der Waals surface area contributed by atoms with Crippen molar-refractivity contribution >= 4 is 5.69 Å². The lowest BCUT2D eigenvalue weighted by molar-refractivity contribution is -0.385. The van der Waals surface area contributed by atoms with Gasteiger partial charge in [0.05, 0.1) is 16.3 Å². The molecule has 1 aromatic carbocycles. The normalized spacial score (nSPS) is 10.6. The van der Waals surface area contributed by atoms with E-state index >= 15 is 0 Å². The predicted molar refractivity (Wildman–Crippen MR) is 67.9 cm³/mol. The van der Waals surface area contributed by atoms with Gasteiger partial charge in [0, 0.05) is 30.8 Å². The van der Waals surface area contributed by atoms with Gasteiger partial charge in [-0.15, -0.1) is 0 Å². The molecule has 2 N–H and O–H groups in total. The van der Waals surface area contributed by atoms with Crippen molar-refractivity contribution in [2.45, 2.75) is 13.5 Å². The van der Waals surface area contributed by atoms with Crippen LogP contribution in [0.3, 0.4) is 0 Å². The minimum absolute atomic E-state index is 0.104. The Morgan fingerprint density at radius 2 is 2.17 bits per heavy atom. The van der Waals surface area contributed by atoms with Crippen LogP contribution in [0.2, 0.25) is 0 Å². The van der Waals surface area contributed by atoms with Crippen LogP contribution >= 0.6 is 0 Å². The van der Waals surface area contributed by atoms with Crippen molar-refractivity contribution in [2.75, 3.05) is 0 Å². The molecule has 0 spiro atoms. The second-order valence-electron chi connectivity index (χ2n) is 4.11. The summed E-state index contributed by atoms with van der Waals surface area (Å²) in [6.07, 6.45) is 0. The first kappa shape index (κ1) is 12.3. The summed E-state index contributed by atoms with van der Waals surface area (Å²) in [5, 5.41) is 15.2. The molecular weight excluding hydrogens is 232 g/mol. The number of nitro benzene ring substituents is 1. The maximum atomic E-state index is 10.9. The van der Waals surface area contributed by atoms with Crippen molar-refractivity contribution in [3.8, 4) is 11.3 Å². The molecule has 0 amide bonds. The van der Waals surface area contributed by atoms with Crippen LogP contribution in [0, 0.1) is 17.0 Å². The van der Waals surface area contributed by atoms with E-state index in [1.165, 1.54) is 6.07 Å². The van der Waals surface area contributed by atoms with Crippen LogP contribution in [0.5, 0.6) is 0 Å². The van der Waals surface area contributed by atoms with Gasteiger partial charge >= 0.3 is 0 Å². The highest BCUT2D eigenvalue weighted by Crippen LogP contribution is 2.26. The number of hydrogen-bond acceptors (Lipinski definition) is 4. The lowest BCUT2D eigenvalue weighted by Gasteiger charge is -2.00. The van der Waals surface area contributed by atoms with Crippen molar-refractivity contribution in [3.63, 3.8) is 0 Å². The number of nitro groups is 1. The molecule has 0 bridgehead atoms. The topological polar surface area (TPSA) is 87.0 Å². The van der Waals surface area contributed by atoms with Crippen molar-refractivity contribution in [3.05, 3.63) is 45.6 Å². The number of nitrogens with zero attached hydrogens (tertiary/aromatic N) is 3. The van der Waals surface area contributed by atoms with Gasteiger partial charge in [-0.05, 0) is 13.0 Å². The highest BCUT2D eigenvalue weighted by Gasteiger charge is 2.14. The van der Waals surface area contributed by atoms with Gasteiger partial charge in [-0.2, -0.15) is 5.10 Å². The third kappa shape index (κ3) is 2.10. The van der Waals surface area contributed by atoms with Crippen LogP contribution in [0.1, 0.15) is 11.3 Å². The van der Waals surface area contributed by atoms with Crippen LogP contribution < -0.4 is 5.73 Å². The van der Waals surface area contributed by atoms with E-state index in [9.17, 15) is 10.1 Å². The molecule has 0 saturated carbocycles. The zero-order valence-electron chi connectivity index (χ0n) is 10.3. The molecule has 1 heterocycles. The maximum Gasteiger partial charge on any atom is 0.272 e. The molecule has 0 aliphatic rings. The average molecular weight is 246 g/mol. The first-order chi connectivity index (χ1) is 8.52. The molecule has 94 valence electrons. The molecule has 6 heteroatoms. The number of aromatic nitrogens is 2. The van der Waals surface area contributed by atoms with Crippen molar-refractivity contribution in [2.24, 2.45) is 12.8 Å². The zero-order chi connectivity index (χ0) is 13.3. The lowest BCUT2D eigenvalue weighted by atomic mass is 10.1. The number of nitrogens with two attached hydrogens (primary N) is 1. The van der Waals surface area contributed by atoms with E-state index in [1.807, 2.05) is 12.1 Å². The van der Waals surface area contributed by atoms with E-state index < -0.39 is 0 Å². The molecule has 0 aliphatic carbocycles. The zero-order valence-corrected chi connectivity index (χ0v) is 10.3. The Bertz CT molecular complexity index is 604. The monoisotopic (exact) mass is 246 g/mol. The molecule has 0 saturated heterocycles. The van der Waals surface area contributed by atoms with Gasteiger partial charge < -0.3 is 5.73 Å². The van der Waals surface area contributed by atoms with Crippen LogP contribution in [0.25, 0.3) is 11.3 Å². The summed E-state index contributed by atoms with van der Waals surface area (Å²) >= 11 is 0. The highest BCUT2D eigenvalue weighted by molar-refractivity contribution is 5.64. The summed E-state index contributed by atoms with van der Waals surface area (Å²) in [7, 11) is 1.80. The summed E-state index contributed by atoms with van der Waals surface area (Å²) in [6.45, 7) is 2.10. The predicted octanol–water partition coefficient (Wildman–Crippen LogP) is 1.76. The van der Waals surface area contributed by atoms with Gasteiger partial charge in [0.2, 0.25) is 0 Å². The number of aryl methyl sites for hydroxylation is 2. The minimum Gasteiger partial charge on any atom is -0.325 e. The fourth-order valence-electron chi connectivity index (χ4n) is 1.80. The largest absolute Gasteiger partial charge is 0.325 e. The van der Waals surface area contributed by atoms with Gasteiger partial charge in [-0.1, -0.05) is 12.1 Å². The van der Waals surface area contributed by atoms with Crippen LogP contribution in [0.4, 0.5) is 5.69 Å². The van der Waals surface area contributed by atoms with E-state index in [-0.39, 0.29) is 10.6 Å². The van der Waals surface area contributed by atoms with Crippen LogP contribution in [0.15, 0.2) is 24.3 Å². The Morgan fingerprint density at radius 3 is 2.72 bits per heavy atom. The smallest absolute Gasteiger partial charge is 0.272 e. The third-order valence-corrected chi connectivity index (χ3v) is 2.89. The Morgan fingerprint density at radius 1 is 1.44 bits per heavy atom. The summed E-state index contributed by atoms with van der Waals surface area (Å²) in [5.74, 6) is 0. The molecule has 0 fully saturated rings. The Kier molecular flexibility index (Phi) is 3.12. The van der Waals surface area contributed by atoms with E-state index in [0.717, 1.165) is 11.3 Å². The van der Waals surface area contributed by atoms with Crippen molar-refractivity contribution in [1.29, 1.82) is 0 Å². The molecule has 0 radical (unpaired) electrons. The fourth-order valence-corrected chi connectivity index (χ4v) is 1.80. The van der Waals surface area contributed by atoms with Crippen LogP contribution in [-0.2, 0) is 13.6 Å². The Hall–Kier alpha value is -2.21. The number of rotatable bonds is 3. The van der Waals surface area contributed by atoms with E-state index in [0.29, 0.717) is 17.8 Å². The molecule has 0 unspecified atom stereocenters. The first-order valence-electron chi connectivity index (χ1n) is 5.51. The van der Waals surface area contributed by atoms with Gasteiger partial charge in [0.15, 0.2) is 0 Å². The maximum absolute atomic E-state index is 10.9. The van der Waals surface area contributed by atoms with E-state index in [2.05, 4.69) is 5.10 Å². The summed E-state index contributed by atoms with van der Waals surface area (Å²) < 4.78 is 1.68. The number of hydrogen-bond donors (Lipinski definition) is 1. The minimum atomic E-state index is -0.383. The summed E-state index contributed by atoms with van der Waals surface area (Å²) in [4.78, 5) is 10.5. The average Bonchev–Trinajstić information content (AvgIpc) is 2.70. The van der Waals surface area contributed by atoms with Crippen molar-refractivity contribution in [1.82, 2.24) is 9.78 Å². The molecule has 18 heavy (non-hydrogen) atoms. The quantitative estimate of drug-likeness (QED) is 0.660. The standard InChI is InChI=1S/C12H14N4O2/c1-8-3-4-9(5-12(8)16(17)18)11-6-10(7-13)15(2)14-11/h3-6H,7,13H2,1-2H3. The highest BCUT2D eigenvalue weighted by atomic mass is 16.6. The lowest BCUT2D eigenvalue weighted by Crippen LogP contribution is -2.03. The molecule has 1 aromatic heterocycles. The van der Waals surface area contributed by atoms with Crippen molar-refractivity contribution < 1.29 is 4.92 Å². The van der Waals surface area contributed by atoms with Gasteiger partial charge in [-0.3, -0.25) is 14.8 Å². The van der Waals surface area contributed by atoms with Gasteiger partial charge in [-0.25, -0.2) is 0 Å². The Labute approximate surface area is 104 Å². The Balaban J connectivity index is 2.50. The van der Waals surface area contributed by atoms with Crippen LogP contribution in [-0.4, -0.2) is 14.7 Å². The first-order valence-corrected chi connectivity index (χ1v) is 5.51. The third-order valence-electron chi connectivity index (χ3n) is 2.89.